The van der Waals surface area contributed by atoms with E-state index >= 15 is 0 Å². The molecule has 0 saturated heterocycles. The standard InChI is InChI=1S/C15H20FN3O3/c1-15(2,3)22-14(21)18-11-6-5-10-12(19(4)13(11)20)7-9(16)8-17-10/h7-8,11H,5-6H2,1-4H3,(H,18,21)/t11-/m0/s1. The molecule has 0 aromatic carbocycles. The van der Waals surface area contributed by atoms with Gasteiger partial charge in [0.25, 0.3) is 0 Å². The Hall–Kier alpha value is -2.18. The van der Waals surface area contributed by atoms with Crippen LogP contribution >= 0.6 is 0 Å². The third-order valence-corrected chi connectivity index (χ3v) is 3.26. The monoisotopic (exact) mass is 309 g/mol. The van der Waals surface area contributed by atoms with Crippen molar-refractivity contribution in [3.63, 3.8) is 0 Å². The summed E-state index contributed by atoms with van der Waals surface area (Å²) in [5.41, 5.74) is 0.418. The fourth-order valence-electron chi connectivity index (χ4n) is 2.28. The second-order valence-corrected chi connectivity index (χ2v) is 6.25. The Kier molecular flexibility index (Phi) is 4.35. The molecule has 0 fully saturated rings. The summed E-state index contributed by atoms with van der Waals surface area (Å²) in [6.07, 6.45) is 1.32. The number of anilines is 1. The summed E-state index contributed by atoms with van der Waals surface area (Å²) < 4.78 is 18.5. The number of nitrogens with zero attached hydrogens (tertiary/aromatic N) is 2. The lowest BCUT2D eigenvalue weighted by molar-refractivity contribution is -0.120. The van der Waals surface area contributed by atoms with Crippen molar-refractivity contribution in [2.75, 3.05) is 11.9 Å². The minimum absolute atomic E-state index is 0.322. The van der Waals surface area contributed by atoms with Crippen LogP contribution in [0.3, 0.4) is 0 Å². The smallest absolute Gasteiger partial charge is 0.408 e. The van der Waals surface area contributed by atoms with Crippen LogP contribution in [0.4, 0.5) is 14.9 Å². The number of halogens is 1. The number of nitrogens with one attached hydrogen (secondary N) is 1. The number of aryl methyl sites for hydroxylation is 1. The molecule has 7 heteroatoms. The SMILES string of the molecule is CN1C(=O)[C@@H](NC(=O)OC(C)(C)C)CCc2ncc(F)cc21. The van der Waals surface area contributed by atoms with Crippen molar-refractivity contribution in [2.24, 2.45) is 0 Å². The maximum absolute atomic E-state index is 13.3. The molecule has 2 rings (SSSR count). The van der Waals surface area contributed by atoms with Crippen LogP contribution in [0, 0.1) is 5.82 Å². The van der Waals surface area contributed by atoms with Gasteiger partial charge in [-0.15, -0.1) is 0 Å². The molecule has 6 nitrogen and oxygen atoms in total. The molecule has 0 saturated carbocycles. The molecule has 1 N–H and O–H groups in total. The van der Waals surface area contributed by atoms with Crippen LogP contribution in [0.1, 0.15) is 32.9 Å². The van der Waals surface area contributed by atoms with Crippen LogP contribution in [-0.4, -0.2) is 35.7 Å². The van der Waals surface area contributed by atoms with Gasteiger partial charge in [0.1, 0.15) is 17.5 Å². The molecule has 1 aliphatic heterocycles. The van der Waals surface area contributed by atoms with E-state index in [1.807, 2.05) is 0 Å². The van der Waals surface area contributed by atoms with Gasteiger partial charge in [-0.1, -0.05) is 0 Å². The van der Waals surface area contributed by atoms with Crippen LogP contribution in [0.2, 0.25) is 0 Å². The van der Waals surface area contributed by atoms with Crippen LogP contribution in [0.25, 0.3) is 0 Å². The molecule has 1 atom stereocenters. The molecule has 1 aliphatic rings. The average molecular weight is 309 g/mol. The number of carbonyl (C=O) groups is 2. The summed E-state index contributed by atoms with van der Waals surface area (Å²) in [6, 6.07) is 0.549. The Labute approximate surface area is 128 Å². The Balaban J connectivity index is 2.15. The molecule has 0 radical (unpaired) electrons. The molecule has 1 aromatic rings. The Bertz CT molecular complexity index is 598. The van der Waals surface area contributed by atoms with Crippen molar-refractivity contribution in [1.29, 1.82) is 0 Å². The number of amides is 2. The van der Waals surface area contributed by atoms with Crippen LogP contribution < -0.4 is 10.2 Å². The van der Waals surface area contributed by atoms with Gasteiger partial charge in [-0.25, -0.2) is 9.18 Å². The number of carbonyl (C=O) groups excluding carboxylic acids is 2. The number of hydrogen-bond donors (Lipinski definition) is 1. The quantitative estimate of drug-likeness (QED) is 0.861. The summed E-state index contributed by atoms with van der Waals surface area (Å²) in [7, 11) is 1.54. The number of alkyl carbamates (subject to hydrolysis) is 1. The largest absolute Gasteiger partial charge is 0.444 e. The van der Waals surface area contributed by atoms with Gasteiger partial charge in [-0.05, 0) is 33.6 Å². The van der Waals surface area contributed by atoms with Gasteiger partial charge in [-0.3, -0.25) is 9.78 Å². The highest BCUT2D eigenvalue weighted by atomic mass is 19.1. The molecule has 2 heterocycles. The average Bonchev–Trinajstić information content (AvgIpc) is 2.50. The predicted octanol–water partition coefficient (Wildman–Crippen LogP) is 2.02. The van der Waals surface area contributed by atoms with Crippen molar-refractivity contribution < 1.29 is 18.7 Å². The van der Waals surface area contributed by atoms with E-state index in [4.69, 9.17) is 4.74 Å². The first kappa shape index (κ1) is 16.2. The van der Waals surface area contributed by atoms with E-state index in [9.17, 15) is 14.0 Å². The minimum atomic E-state index is -0.725. The predicted molar refractivity (Wildman–Crippen MR) is 79.1 cm³/mol. The van der Waals surface area contributed by atoms with E-state index in [-0.39, 0.29) is 5.91 Å². The molecule has 120 valence electrons. The highest BCUT2D eigenvalue weighted by Crippen LogP contribution is 2.25. The fourth-order valence-corrected chi connectivity index (χ4v) is 2.28. The Morgan fingerprint density at radius 1 is 1.50 bits per heavy atom. The van der Waals surface area contributed by atoms with Crippen LogP contribution in [0.15, 0.2) is 12.3 Å². The molecule has 0 unspecified atom stereocenters. The zero-order valence-corrected chi connectivity index (χ0v) is 13.1. The fraction of sp³-hybridized carbons (Fsp3) is 0.533. The van der Waals surface area contributed by atoms with E-state index < -0.39 is 23.6 Å². The van der Waals surface area contributed by atoms with Gasteiger partial charge in [-0.2, -0.15) is 0 Å². The maximum Gasteiger partial charge on any atom is 0.408 e. The zero-order valence-electron chi connectivity index (χ0n) is 13.1. The van der Waals surface area contributed by atoms with Gasteiger partial charge in [0.2, 0.25) is 5.91 Å². The van der Waals surface area contributed by atoms with Crippen molar-refractivity contribution in [2.45, 2.75) is 45.3 Å². The number of hydrogen-bond acceptors (Lipinski definition) is 4. The normalized spacial score (nSPS) is 18.5. The first-order chi connectivity index (χ1) is 10.2. The van der Waals surface area contributed by atoms with E-state index in [0.29, 0.717) is 24.2 Å². The molecule has 1 aromatic heterocycles. The number of likely N-dealkylation sites (N-methyl/N-ethyl adjacent to an activating group) is 1. The Morgan fingerprint density at radius 3 is 2.82 bits per heavy atom. The first-order valence-corrected chi connectivity index (χ1v) is 7.09. The molecule has 0 spiro atoms. The molecule has 0 bridgehead atoms. The molecular formula is C15H20FN3O3. The minimum Gasteiger partial charge on any atom is -0.444 e. The Morgan fingerprint density at radius 2 is 2.18 bits per heavy atom. The number of rotatable bonds is 1. The second-order valence-electron chi connectivity index (χ2n) is 6.25. The van der Waals surface area contributed by atoms with Crippen molar-refractivity contribution >= 4 is 17.7 Å². The molecule has 0 aliphatic carbocycles. The number of aromatic nitrogens is 1. The van der Waals surface area contributed by atoms with Crippen LogP contribution in [-0.2, 0) is 16.0 Å². The summed E-state index contributed by atoms with van der Waals surface area (Å²) in [4.78, 5) is 29.6. The van der Waals surface area contributed by atoms with E-state index in [1.165, 1.54) is 18.0 Å². The van der Waals surface area contributed by atoms with E-state index in [1.54, 1.807) is 20.8 Å². The summed E-state index contributed by atoms with van der Waals surface area (Å²) in [6.45, 7) is 5.24. The van der Waals surface area contributed by atoms with Gasteiger partial charge in [0, 0.05) is 13.1 Å². The van der Waals surface area contributed by atoms with Gasteiger partial charge in [0.05, 0.1) is 17.6 Å². The van der Waals surface area contributed by atoms with Gasteiger partial charge < -0.3 is 15.0 Å². The third kappa shape index (κ3) is 3.72. The van der Waals surface area contributed by atoms with Crippen molar-refractivity contribution in [1.82, 2.24) is 10.3 Å². The van der Waals surface area contributed by atoms with Crippen molar-refractivity contribution in [3.8, 4) is 0 Å². The maximum atomic E-state index is 13.3. The lowest BCUT2D eigenvalue weighted by atomic mass is 10.1. The van der Waals surface area contributed by atoms with E-state index in [0.717, 1.165) is 6.20 Å². The third-order valence-electron chi connectivity index (χ3n) is 3.26. The number of pyridine rings is 1. The highest BCUT2D eigenvalue weighted by Gasteiger charge is 2.31. The summed E-state index contributed by atoms with van der Waals surface area (Å²) >= 11 is 0. The lowest BCUT2D eigenvalue weighted by Gasteiger charge is -2.24. The summed E-state index contributed by atoms with van der Waals surface area (Å²) in [5.74, 6) is -0.825. The molecule has 22 heavy (non-hydrogen) atoms. The zero-order chi connectivity index (χ0) is 16.5. The number of fused-ring (bicyclic) bond motifs is 1. The molecule has 2 amide bonds. The van der Waals surface area contributed by atoms with Gasteiger partial charge >= 0.3 is 6.09 Å². The summed E-state index contributed by atoms with van der Waals surface area (Å²) in [5, 5.41) is 2.57. The second kappa shape index (κ2) is 5.90. The topological polar surface area (TPSA) is 71.5 Å². The highest BCUT2D eigenvalue weighted by molar-refractivity contribution is 5.99. The van der Waals surface area contributed by atoms with E-state index in [2.05, 4.69) is 10.3 Å². The molecular weight excluding hydrogens is 289 g/mol. The lowest BCUT2D eigenvalue weighted by Crippen LogP contribution is -2.48. The van der Waals surface area contributed by atoms with Crippen molar-refractivity contribution in [3.05, 3.63) is 23.8 Å². The first-order valence-electron chi connectivity index (χ1n) is 7.09. The number of ether oxygens (including phenoxy) is 1. The van der Waals surface area contributed by atoms with Crippen LogP contribution in [0.5, 0.6) is 0 Å². The van der Waals surface area contributed by atoms with Gasteiger partial charge in [0.15, 0.2) is 0 Å².